The van der Waals surface area contributed by atoms with Crippen molar-refractivity contribution in [1.29, 1.82) is 0 Å². The van der Waals surface area contributed by atoms with Crippen LogP contribution in [-0.4, -0.2) is 21.9 Å². The molecule has 0 aliphatic carbocycles. The molecule has 7 nitrogen and oxygen atoms in total. The number of nitro groups is 1. The van der Waals surface area contributed by atoms with Crippen molar-refractivity contribution >= 4 is 23.3 Å². The van der Waals surface area contributed by atoms with Crippen LogP contribution in [0.4, 0.5) is 11.4 Å². The number of nitro benzene ring substituents is 1. The number of rotatable bonds is 4. The summed E-state index contributed by atoms with van der Waals surface area (Å²) in [5, 5.41) is 21.0. The summed E-state index contributed by atoms with van der Waals surface area (Å²) in [6.45, 7) is 0. The first kappa shape index (κ1) is 12.4. The lowest BCUT2D eigenvalue weighted by Crippen LogP contribution is -2.08. The Labute approximate surface area is 95.5 Å². The van der Waals surface area contributed by atoms with Gasteiger partial charge in [0, 0.05) is 30.0 Å². The van der Waals surface area contributed by atoms with Gasteiger partial charge in [-0.05, 0) is 6.07 Å². The minimum atomic E-state index is -1.25. The molecular formula is C10H8N2O5. The Morgan fingerprint density at radius 1 is 1.35 bits per heavy atom. The molecule has 0 fully saturated rings. The number of anilines is 1. The van der Waals surface area contributed by atoms with E-state index >= 15 is 0 Å². The summed E-state index contributed by atoms with van der Waals surface area (Å²) in [5.74, 6) is -1.92. The van der Waals surface area contributed by atoms with Crippen molar-refractivity contribution in [2.24, 2.45) is 0 Å². The lowest BCUT2D eigenvalue weighted by molar-refractivity contribution is -0.384. The number of hydrogen-bond acceptors (Lipinski definition) is 4. The molecule has 1 rings (SSSR count). The van der Waals surface area contributed by atoms with Crippen LogP contribution < -0.4 is 5.32 Å². The van der Waals surface area contributed by atoms with E-state index in [2.05, 4.69) is 5.32 Å². The lowest BCUT2D eigenvalue weighted by atomic mass is 10.3. The van der Waals surface area contributed by atoms with Crippen molar-refractivity contribution in [3.05, 3.63) is 46.5 Å². The average Bonchev–Trinajstić information content (AvgIpc) is 2.26. The normalized spacial score (nSPS) is 10.1. The number of carbonyl (C=O) groups excluding carboxylic acids is 1. The molecule has 88 valence electrons. The summed E-state index contributed by atoms with van der Waals surface area (Å²) in [6.07, 6.45) is 1.49. The van der Waals surface area contributed by atoms with E-state index in [0.29, 0.717) is 6.08 Å². The first-order chi connectivity index (χ1) is 7.99. The van der Waals surface area contributed by atoms with E-state index in [0.717, 1.165) is 6.08 Å². The fourth-order valence-corrected chi connectivity index (χ4v) is 1.03. The Morgan fingerprint density at radius 3 is 2.65 bits per heavy atom. The third-order valence-electron chi connectivity index (χ3n) is 1.70. The fourth-order valence-electron chi connectivity index (χ4n) is 1.03. The molecule has 1 aromatic carbocycles. The highest BCUT2D eigenvalue weighted by atomic mass is 16.6. The van der Waals surface area contributed by atoms with Crippen molar-refractivity contribution < 1.29 is 19.6 Å². The maximum Gasteiger partial charge on any atom is 0.328 e. The molecule has 0 unspecified atom stereocenters. The molecule has 1 aromatic rings. The zero-order valence-corrected chi connectivity index (χ0v) is 8.49. The Morgan fingerprint density at radius 2 is 2.06 bits per heavy atom. The van der Waals surface area contributed by atoms with Crippen LogP contribution in [0, 0.1) is 10.1 Å². The Kier molecular flexibility index (Phi) is 3.93. The number of hydrogen-bond donors (Lipinski definition) is 2. The van der Waals surface area contributed by atoms with Crippen molar-refractivity contribution in [2.75, 3.05) is 5.32 Å². The second kappa shape index (κ2) is 5.40. The SMILES string of the molecule is O=C(O)/C=C/C(=O)Nc1cccc([N+](=O)[O-])c1. The molecule has 1 amide bonds. The van der Waals surface area contributed by atoms with Crippen molar-refractivity contribution in [3.63, 3.8) is 0 Å². The molecule has 0 aromatic heterocycles. The van der Waals surface area contributed by atoms with E-state index in [1.807, 2.05) is 0 Å². The number of nitrogens with zero attached hydrogens (tertiary/aromatic N) is 1. The standard InChI is InChI=1S/C10H8N2O5/c13-9(4-5-10(14)15)11-7-2-1-3-8(6-7)12(16)17/h1-6H,(H,11,13)(H,14,15)/b5-4+. The highest BCUT2D eigenvalue weighted by Gasteiger charge is 2.06. The zero-order chi connectivity index (χ0) is 12.8. The quantitative estimate of drug-likeness (QED) is 0.463. The van der Waals surface area contributed by atoms with E-state index in [4.69, 9.17) is 5.11 Å². The summed E-state index contributed by atoms with van der Waals surface area (Å²) in [4.78, 5) is 31.2. The summed E-state index contributed by atoms with van der Waals surface area (Å²) in [7, 11) is 0. The highest BCUT2D eigenvalue weighted by molar-refractivity contribution is 6.02. The van der Waals surface area contributed by atoms with Crippen molar-refractivity contribution in [3.8, 4) is 0 Å². The van der Waals surface area contributed by atoms with Crippen LogP contribution in [0.2, 0.25) is 0 Å². The summed E-state index contributed by atoms with van der Waals surface area (Å²) < 4.78 is 0. The molecule has 0 heterocycles. The molecule has 7 heteroatoms. The maximum atomic E-state index is 11.2. The van der Waals surface area contributed by atoms with E-state index < -0.39 is 16.8 Å². The molecule has 2 N–H and O–H groups in total. The number of carboxylic acid groups (broad SMARTS) is 1. The van der Waals surface area contributed by atoms with Gasteiger partial charge in [-0.25, -0.2) is 4.79 Å². The molecule has 0 bridgehead atoms. The number of carbonyl (C=O) groups is 2. The van der Waals surface area contributed by atoms with Gasteiger partial charge in [0.25, 0.3) is 5.69 Å². The van der Waals surface area contributed by atoms with Crippen LogP contribution in [0.5, 0.6) is 0 Å². The van der Waals surface area contributed by atoms with E-state index in [9.17, 15) is 19.7 Å². The van der Waals surface area contributed by atoms with Gasteiger partial charge in [0.1, 0.15) is 0 Å². The lowest BCUT2D eigenvalue weighted by Gasteiger charge is -2.00. The number of nitrogens with one attached hydrogen (secondary N) is 1. The van der Waals surface area contributed by atoms with Crippen LogP contribution in [0.1, 0.15) is 0 Å². The van der Waals surface area contributed by atoms with Gasteiger partial charge in [-0.15, -0.1) is 0 Å². The molecule has 0 radical (unpaired) electrons. The minimum absolute atomic E-state index is 0.162. The predicted octanol–water partition coefficient (Wildman–Crippen LogP) is 1.17. The van der Waals surface area contributed by atoms with Gasteiger partial charge < -0.3 is 10.4 Å². The number of carboxylic acids is 1. The first-order valence-electron chi connectivity index (χ1n) is 4.45. The molecule has 17 heavy (non-hydrogen) atoms. The summed E-state index contributed by atoms with van der Waals surface area (Å²) >= 11 is 0. The third-order valence-corrected chi connectivity index (χ3v) is 1.70. The van der Waals surface area contributed by atoms with Gasteiger partial charge in [-0.1, -0.05) is 6.07 Å². The Balaban J connectivity index is 2.75. The smallest absolute Gasteiger partial charge is 0.328 e. The Hall–Kier alpha value is -2.70. The molecule has 0 atom stereocenters. The Bertz CT molecular complexity index is 495. The zero-order valence-electron chi connectivity index (χ0n) is 8.49. The van der Waals surface area contributed by atoms with E-state index in [-0.39, 0.29) is 11.4 Å². The predicted molar refractivity (Wildman–Crippen MR) is 58.5 cm³/mol. The van der Waals surface area contributed by atoms with E-state index in [1.54, 1.807) is 0 Å². The molecular weight excluding hydrogens is 228 g/mol. The summed E-state index contributed by atoms with van der Waals surface area (Å²) in [6, 6.07) is 5.32. The highest BCUT2D eigenvalue weighted by Crippen LogP contribution is 2.16. The van der Waals surface area contributed by atoms with Crippen molar-refractivity contribution in [2.45, 2.75) is 0 Å². The van der Waals surface area contributed by atoms with Crippen molar-refractivity contribution in [1.82, 2.24) is 0 Å². The second-order valence-electron chi connectivity index (χ2n) is 2.97. The largest absolute Gasteiger partial charge is 0.478 e. The second-order valence-corrected chi connectivity index (χ2v) is 2.97. The van der Waals surface area contributed by atoms with Gasteiger partial charge in [0.2, 0.25) is 5.91 Å². The van der Waals surface area contributed by atoms with Gasteiger partial charge in [0.05, 0.1) is 4.92 Å². The minimum Gasteiger partial charge on any atom is -0.478 e. The maximum absolute atomic E-state index is 11.2. The molecule has 0 spiro atoms. The fraction of sp³-hybridized carbons (Fsp3) is 0. The van der Waals surface area contributed by atoms with Crippen LogP contribution in [0.25, 0.3) is 0 Å². The molecule has 0 saturated carbocycles. The number of benzene rings is 1. The van der Waals surface area contributed by atoms with Crippen LogP contribution in [0.3, 0.4) is 0 Å². The van der Waals surface area contributed by atoms with Gasteiger partial charge in [-0.3, -0.25) is 14.9 Å². The van der Waals surface area contributed by atoms with E-state index in [1.165, 1.54) is 24.3 Å². The topological polar surface area (TPSA) is 110 Å². The van der Waals surface area contributed by atoms with Crippen LogP contribution in [0.15, 0.2) is 36.4 Å². The van der Waals surface area contributed by atoms with Gasteiger partial charge in [-0.2, -0.15) is 0 Å². The van der Waals surface area contributed by atoms with Crippen LogP contribution >= 0.6 is 0 Å². The van der Waals surface area contributed by atoms with Crippen LogP contribution in [-0.2, 0) is 9.59 Å². The number of amides is 1. The monoisotopic (exact) mass is 236 g/mol. The third kappa shape index (κ3) is 4.12. The number of non-ortho nitro benzene ring substituents is 1. The van der Waals surface area contributed by atoms with Gasteiger partial charge >= 0.3 is 5.97 Å². The molecule has 0 aliphatic heterocycles. The van der Waals surface area contributed by atoms with Gasteiger partial charge in [0.15, 0.2) is 0 Å². The first-order valence-corrected chi connectivity index (χ1v) is 4.45. The molecule has 0 saturated heterocycles. The molecule has 0 aliphatic rings. The average molecular weight is 236 g/mol. The summed E-state index contributed by atoms with van der Waals surface area (Å²) in [5.41, 5.74) is 0.0595. The number of aliphatic carboxylic acids is 1.